The van der Waals surface area contributed by atoms with Crippen LogP contribution < -0.4 is 10.2 Å². The minimum Gasteiger partial charge on any atom is -0.356 e. The lowest BCUT2D eigenvalue weighted by atomic mass is 9.68. The van der Waals surface area contributed by atoms with Gasteiger partial charge in [-0.15, -0.1) is 0 Å². The fourth-order valence-electron chi connectivity index (χ4n) is 3.98. The van der Waals surface area contributed by atoms with Crippen molar-refractivity contribution >= 4 is 28.9 Å². The molecule has 0 aromatic carbocycles. The molecule has 0 bridgehead atoms. The van der Waals surface area contributed by atoms with Crippen molar-refractivity contribution in [2.45, 2.75) is 56.6 Å². The van der Waals surface area contributed by atoms with Gasteiger partial charge in [-0.25, -0.2) is 9.97 Å². The maximum absolute atomic E-state index is 12.1. The topological polar surface area (TPSA) is 92.3 Å². The number of nitrogens with zero attached hydrogens (tertiary/aromatic N) is 3. The molecule has 3 rings (SSSR count). The fourth-order valence-corrected chi connectivity index (χ4v) is 4.40. The van der Waals surface area contributed by atoms with Crippen LogP contribution in [0.25, 0.3) is 0 Å². The monoisotopic (exact) mass is 378 g/mol. The van der Waals surface area contributed by atoms with Crippen LogP contribution in [0, 0.1) is 11.8 Å². The highest BCUT2D eigenvalue weighted by Gasteiger charge is 2.46. The second-order valence-electron chi connectivity index (χ2n) is 7.52. The molecule has 0 radical (unpaired) electrons. The molecule has 2 heterocycles. The van der Waals surface area contributed by atoms with E-state index in [4.69, 9.17) is 0 Å². The van der Waals surface area contributed by atoms with E-state index in [2.05, 4.69) is 29.1 Å². The van der Waals surface area contributed by atoms with E-state index >= 15 is 0 Å². The SMILES string of the molecule is CC(C)C1(N(C=O)c2nc(S(C)=O)ncc2C[C@@H]2CCNC2=O)CCC1. The number of hydrogen-bond acceptors (Lipinski definition) is 5. The van der Waals surface area contributed by atoms with Gasteiger partial charge in [-0.2, -0.15) is 0 Å². The van der Waals surface area contributed by atoms with Crippen LogP contribution >= 0.6 is 0 Å². The molecule has 1 aliphatic heterocycles. The molecular formula is C18H26N4O3S. The van der Waals surface area contributed by atoms with Crippen LogP contribution in [0.1, 0.15) is 45.1 Å². The van der Waals surface area contributed by atoms with Crippen molar-refractivity contribution in [2.24, 2.45) is 11.8 Å². The molecular weight excluding hydrogens is 352 g/mol. The summed E-state index contributed by atoms with van der Waals surface area (Å²) in [5.74, 6) is 0.669. The van der Waals surface area contributed by atoms with Crippen molar-refractivity contribution in [3.8, 4) is 0 Å². The molecule has 1 aliphatic carbocycles. The molecule has 7 nitrogen and oxygen atoms in total. The summed E-state index contributed by atoms with van der Waals surface area (Å²) in [5.41, 5.74) is 0.496. The van der Waals surface area contributed by atoms with Crippen molar-refractivity contribution < 1.29 is 13.8 Å². The smallest absolute Gasteiger partial charge is 0.223 e. The molecule has 142 valence electrons. The first-order valence-corrected chi connectivity index (χ1v) is 10.7. The Kier molecular flexibility index (Phi) is 5.41. The summed E-state index contributed by atoms with van der Waals surface area (Å²) < 4.78 is 11.9. The third kappa shape index (κ3) is 3.26. The molecule has 1 aromatic heterocycles. The van der Waals surface area contributed by atoms with Gasteiger partial charge in [0.2, 0.25) is 17.5 Å². The molecule has 1 saturated carbocycles. The second-order valence-corrected chi connectivity index (χ2v) is 8.80. The Balaban J connectivity index is 2.03. The Labute approximate surface area is 156 Å². The molecule has 1 saturated heterocycles. The number of nitrogens with one attached hydrogen (secondary N) is 1. The van der Waals surface area contributed by atoms with Crippen molar-refractivity contribution in [2.75, 3.05) is 17.7 Å². The average molecular weight is 378 g/mol. The third-order valence-electron chi connectivity index (χ3n) is 5.81. The lowest BCUT2D eigenvalue weighted by Gasteiger charge is -2.51. The lowest BCUT2D eigenvalue weighted by Crippen LogP contribution is -2.57. The van der Waals surface area contributed by atoms with Gasteiger partial charge in [0.1, 0.15) is 5.82 Å². The van der Waals surface area contributed by atoms with Crippen LogP contribution in [-0.2, 0) is 26.8 Å². The molecule has 2 fully saturated rings. The van der Waals surface area contributed by atoms with Crippen LogP contribution in [0.2, 0.25) is 0 Å². The number of rotatable bonds is 7. The summed E-state index contributed by atoms with van der Waals surface area (Å²) in [4.78, 5) is 34.5. The summed E-state index contributed by atoms with van der Waals surface area (Å²) in [7, 11) is -1.34. The van der Waals surface area contributed by atoms with Crippen LogP contribution in [0.15, 0.2) is 11.4 Å². The quantitative estimate of drug-likeness (QED) is 0.572. The normalized spacial score (nSPS) is 22.6. The van der Waals surface area contributed by atoms with Gasteiger partial charge in [0, 0.05) is 30.5 Å². The number of aromatic nitrogens is 2. The molecule has 26 heavy (non-hydrogen) atoms. The molecule has 8 heteroatoms. The molecule has 2 aliphatic rings. The van der Waals surface area contributed by atoms with Gasteiger partial charge in [0.25, 0.3) is 0 Å². The Morgan fingerprint density at radius 3 is 2.65 bits per heavy atom. The molecule has 2 atom stereocenters. The van der Waals surface area contributed by atoms with E-state index in [0.29, 0.717) is 18.8 Å². The highest BCUT2D eigenvalue weighted by molar-refractivity contribution is 7.84. The Hall–Kier alpha value is -1.83. The minimum absolute atomic E-state index is 0.0268. The zero-order chi connectivity index (χ0) is 18.9. The zero-order valence-corrected chi connectivity index (χ0v) is 16.3. The van der Waals surface area contributed by atoms with Crippen LogP contribution in [-0.4, -0.2) is 44.8 Å². The molecule has 1 unspecified atom stereocenters. The first-order chi connectivity index (χ1) is 12.4. The van der Waals surface area contributed by atoms with Crippen molar-refractivity contribution in [3.63, 3.8) is 0 Å². The van der Waals surface area contributed by atoms with Gasteiger partial charge in [-0.1, -0.05) is 13.8 Å². The fraction of sp³-hybridized carbons (Fsp3) is 0.667. The van der Waals surface area contributed by atoms with Crippen molar-refractivity contribution in [1.29, 1.82) is 0 Å². The van der Waals surface area contributed by atoms with E-state index in [1.54, 1.807) is 11.1 Å². The number of anilines is 1. The van der Waals surface area contributed by atoms with Gasteiger partial charge in [0.05, 0.1) is 16.3 Å². The first kappa shape index (κ1) is 18.9. The van der Waals surface area contributed by atoms with E-state index < -0.39 is 10.8 Å². The predicted molar refractivity (Wildman–Crippen MR) is 99.1 cm³/mol. The van der Waals surface area contributed by atoms with E-state index in [0.717, 1.165) is 37.7 Å². The maximum atomic E-state index is 12.1. The Morgan fingerprint density at radius 2 is 2.19 bits per heavy atom. The average Bonchev–Trinajstić information content (AvgIpc) is 2.95. The second kappa shape index (κ2) is 7.42. The number of amides is 2. The highest BCUT2D eigenvalue weighted by Crippen LogP contribution is 2.45. The number of hydrogen-bond donors (Lipinski definition) is 1. The van der Waals surface area contributed by atoms with E-state index in [1.807, 2.05) is 0 Å². The van der Waals surface area contributed by atoms with Gasteiger partial charge >= 0.3 is 0 Å². The van der Waals surface area contributed by atoms with Crippen LogP contribution in [0.3, 0.4) is 0 Å². The summed E-state index contributed by atoms with van der Waals surface area (Å²) in [6.45, 7) is 4.89. The van der Waals surface area contributed by atoms with Crippen molar-refractivity contribution in [3.05, 3.63) is 11.8 Å². The summed E-state index contributed by atoms with van der Waals surface area (Å²) >= 11 is 0. The Morgan fingerprint density at radius 1 is 1.46 bits per heavy atom. The van der Waals surface area contributed by atoms with Gasteiger partial charge in [-0.05, 0) is 38.0 Å². The van der Waals surface area contributed by atoms with E-state index in [-0.39, 0.29) is 28.4 Å². The van der Waals surface area contributed by atoms with Crippen LogP contribution in [0.4, 0.5) is 5.82 Å². The molecule has 0 spiro atoms. The van der Waals surface area contributed by atoms with E-state index in [1.165, 1.54) is 6.26 Å². The lowest BCUT2D eigenvalue weighted by molar-refractivity contribution is -0.122. The maximum Gasteiger partial charge on any atom is 0.223 e. The van der Waals surface area contributed by atoms with Gasteiger partial charge in [0.15, 0.2) is 0 Å². The predicted octanol–water partition coefficient (Wildman–Crippen LogP) is 1.43. The third-order valence-corrected chi connectivity index (χ3v) is 6.52. The first-order valence-electron chi connectivity index (χ1n) is 9.10. The molecule has 1 N–H and O–H groups in total. The van der Waals surface area contributed by atoms with Gasteiger partial charge in [-0.3, -0.25) is 18.7 Å². The summed E-state index contributed by atoms with van der Waals surface area (Å²) in [6, 6.07) is 0. The summed E-state index contributed by atoms with van der Waals surface area (Å²) in [6.07, 6.45) is 8.14. The number of carbonyl (C=O) groups excluding carboxylic acids is 2. The van der Waals surface area contributed by atoms with E-state index in [9.17, 15) is 13.8 Å². The Bertz CT molecular complexity index is 733. The summed E-state index contributed by atoms with van der Waals surface area (Å²) in [5, 5.41) is 3.05. The molecule has 2 amide bonds. The van der Waals surface area contributed by atoms with Gasteiger partial charge < -0.3 is 5.32 Å². The minimum atomic E-state index is -1.34. The van der Waals surface area contributed by atoms with Crippen LogP contribution in [0.5, 0.6) is 0 Å². The largest absolute Gasteiger partial charge is 0.356 e. The number of carbonyl (C=O) groups is 2. The molecule has 1 aromatic rings. The highest BCUT2D eigenvalue weighted by atomic mass is 32.2. The van der Waals surface area contributed by atoms with Crippen molar-refractivity contribution in [1.82, 2.24) is 15.3 Å². The standard InChI is InChI=1S/C18H26N4O3S/c1-12(2)18(6-4-7-18)22(11-23)15-14(9-13-5-8-19-16(13)24)10-20-17(21-15)26(3)25/h10-13H,4-9H2,1-3H3,(H,19,24)/t13-,26?/m0/s1. The zero-order valence-electron chi connectivity index (χ0n) is 15.5.